The number of hydrogen-bond donors (Lipinski definition) is 3. The van der Waals surface area contributed by atoms with Gasteiger partial charge in [-0.25, -0.2) is 24.0 Å². The molecule has 0 aliphatic heterocycles. The number of anilines is 2. The summed E-state index contributed by atoms with van der Waals surface area (Å²) in [5.41, 5.74) is 2.62. The van der Waals surface area contributed by atoms with E-state index in [0.717, 1.165) is 0 Å². The molecule has 2 rings (SSSR count). The number of aromatic nitrogens is 1. The molecule has 4 N–H and O–H groups in total. The molecule has 100 valence electrons. The molecule has 19 heavy (non-hydrogen) atoms. The third-order valence-electron chi connectivity index (χ3n) is 2.42. The highest BCUT2D eigenvalue weighted by Crippen LogP contribution is 2.18. The summed E-state index contributed by atoms with van der Waals surface area (Å²) in [6.45, 7) is 0.150. The van der Waals surface area contributed by atoms with Crippen LogP contribution in [-0.2, 0) is 6.54 Å². The van der Waals surface area contributed by atoms with Gasteiger partial charge < -0.3 is 10.7 Å². The lowest BCUT2D eigenvalue weighted by Gasteiger charge is -2.09. The molecule has 0 amide bonds. The van der Waals surface area contributed by atoms with Crippen LogP contribution in [0.25, 0.3) is 0 Å². The van der Waals surface area contributed by atoms with Crippen LogP contribution >= 0.6 is 0 Å². The van der Waals surface area contributed by atoms with Gasteiger partial charge in [-0.05, 0) is 17.7 Å². The molecule has 0 saturated heterocycles. The van der Waals surface area contributed by atoms with Crippen molar-refractivity contribution in [2.45, 2.75) is 6.54 Å². The van der Waals surface area contributed by atoms with Gasteiger partial charge in [-0.15, -0.1) is 0 Å². The minimum atomic E-state index is -0.892. The second-order valence-corrected chi connectivity index (χ2v) is 3.78. The average molecular weight is 268 g/mol. The van der Waals surface area contributed by atoms with Crippen molar-refractivity contribution in [2.75, 3.05) is 10.7 Å². The average Bonchev–Trinajstić information content (AvgIpc) is 2.38. The summed E-state index contributed by atoms with van der Waals surface area (Å²) in [5, 5.41) is 2.64. The summed E-state index contributed by atoms with van der Waals surface area (Å²) in [7, 11) is 0. The third kappa shape index (κ3) is 3.14. The Balaban J connectivity index is 2.15. The standard InChI is InChI=1S/C12H11F3N4/c13-8-3-1-2-7(4-8)6-17-11-9(14)5-10(15)12(18-11)19-16/h1-5H,6,16H2,(H2,17,18,19). The van der Waals surface area contributed by atoms with Gasteiger partial charge in [0.25, 0.3) is 0 Å². The Labute approximate surface area is 107 Å². The minimum absolute atomic E-state index is 0.150. The van der Waals surface area contributed by atoms with Crippen molar-refractivity contribution in [3.05, 3.63) is 53.3 Å². The van der Waals surface area contributed by atoms with Gasteiger partial charge in [0.2, 0.25) is 0 Å². The number of nitrogens with two attached hydrogens (primary N) is 1. The highest BCUT2D eigenvalue weighted by atomic mass is 19.1. The van der Waals surface area contributed by atoms with Gasteiger partial charge in [0.1, 0.15) is 5.82 Å². The fraction of sp³-hybridized carbons (Fsp3) is 0.0833. The van der Waals surface area contributed by atoms with Crippen molar-refractivity contribution >= 4 is 11.6 Å². The zero-order valence-corrected chi connectivity index (χ0v) is 9.75. The molecule has 0 bridgehead atoms. The summed E-state index contributed by atoms with van der Waals surface area (Å²) >= 11 is 0. The first kappa shape index (κ1) is 13.2. The Morgan fingerprint density at radius 3 is 2.47 bits per heavy atom. The van der Waals surface area contributed by atoms with Gasteiger partial charge in [-0.2, -0.15) is 0 Å². The molecule has 0 aliphatic carbocycles. The molecule has 0 spiro atoms. The van der Waals surface area contributed by atoms with Crippen molar-refractivity contribution in [3.8, 4) is 0 Å². The van der Waals surface area contributed by atoms with E-state index in [4.69, 9.17) is 5.84 Å². The van der Waals surface area contributed by atoms with Crippen molar-refractivity contribution in [1.29, 1.82) is 0 Å². The molecule has 0 unspecified atom stereocenters. The molecule has 0 radical (unpaired) electrons. The highest BCUT2D eigenvalue weighted by Gasteiger charge is 2.10. The van der Waals surface area contributed by atoms with Crippen LogP contribution in [0.5, 0.6) is 0 Å². The van der Waals surface area contributed by atoms with Gasteiger partial charge in [0.05, 0.1) is 0 Å². The zero-order valence-electron chi connectivity index (χ0n) is 9.75. The van der Waals surface area contributed by atoms with E-state index in [-0.39, 0.29) is 18.2 Å². The number of nitrogens with one attached hydrogen (secondary N) is 2. The number of pyridine rings is 1. The van der Waals surface area contributed by atoms with Crippen molar-refractivity contribution in [3.63, 3.8) is 0 Å². The van der Waals surface area contributed by atoms with E-state index in [1.807, 2.05) is 5.43 Å². The molecule has 2 aromatic rings. The number of rotatable bonds is 4. The Bertz CT molecular complexity index is 589. The first-order valence-corrected chi connectivity index (χ1v) is 5.41. The van der Waals surface area contributed by atoms with Gasteiger partial charge in [0, 0.05) is 12.6 Å². The lowest BCUT2D eigenvalue weighted by Crippen LogP contribution is -2.13. The lowest BCUT2D eigenvalue weighted by atomic mass is 10.2. The summed E-state index contributed by atoms with van der Waals surface area (Å²) in [4.78, 5) is 3.64. The summed E-state index contributed by atoms with van der Waals surface area (Å²) < 4.78 is 39.5. The maximum absolute atomic E-state index is 13.4. The van der Waals surface area contributed by atoms with Crippen LogP contribution in [0.15, 0.2) is 30.3 Å². The number of hydrogen-bond acceptors (Lipinski definition) is 4. The van der Waals surface area contributed by atoms with Gasteiger partial charge in [-0.1, -0.05) is 12.1 Å². The van der Waals surface area contributed by atoms with Crippen LogP contribution in [0.2, 0.25) is 0 Å². The van der Waals surface area contributed by atoms with Crippen LogP contribution in [-0.4, -0.2) is 4.98 Å². The van der Waals surface area contributed by atoms with E-state index < -0.39 is 17.5 Å². The van der Waals surface area contributed by atoms with Crippen LogP contribution in [0.4, 0.5) is 24.8 Å². The topological polar surface area (TPSA) is 63.0 Å². The largest absolute Gasteiger partial charge is 0.363 e. The molecular formula is C12H11F3N4. The minimum Gasteiger partial charge on any atom is -0.363 e. The molecule has 0 atom stereocenters. The smallest absolute Gasteiger partial charge is 0.178 e. The van der Waals surface area contributed by atoms with Gasteiger partial charge >= 0.3 is 0 Å². The summed E-state index contributed by atoms with van der Waals surface area (Å²) in [6.07, 6.45) is 0. The van der Waals surface area contributed by atoms with E-state index in [1.54, 1.807) is 6.07 Å². The first-order chi connectivity index (χ1) is 9.10. The molecule has 0 aliphatic rings. The normalized spacial score (nSPS) is 10.3. The lowest BCUT2D eigenvalue weighted by molar-refractivity contribution is 0.578. The van der Waals surface area contributed by atoms with E-state index in [0.29, 0.717) is 11.6 Å². The fourth-order valence-electron chi connectivity index (χ4n) is 1.52. The predicted molar refractivity (Wildman–Crippen MR) is 65.7 cm³/mol. The second kappa shape index (κ2) is 5.57. The Kier molecular flexibility index (Phi) is 3.86. The number of benzene rings is 1. The molecule has 1 aromatic heterocycles. The van der Waals surface area contributed by atoms with Gasteiger partial charge in [-0.3, -0.25) is 0 Å². The molecule has 1 heterocycles. The molecule has 1 aromatic carbocycles. The van der Waals surface area contributed by atoms with E-state index >= 15 is 0 Å². The summed E-state index contributed by atoms with van der Waals surface area (Å²) in [6, 6.07) is 6.47. The number of nitrogen functional groups attached to an aromatic ring is 1. The van der Waals surface area contributed by atoms with E-state index in [2.05, 4.69) is 10.3 Å². The predicted octanol–water partition coefficient (Wildman–Crippen LogP) is 2.40. The molecular weight excluding hydrogens is 257 g/mol. The SMILES string of the molecule is NNc1nc(NCc2cccc(F)c2)c(F)cc1F. The molecule has 0 saturated carbocycles. The monoisotopic (exact) mass is 268 g/mol. The Morgan fingerprint density at radius 2 is 1.79 bits per heavy atom. The Hall–Kier alpha value is -2.28. The second-order valence-electron chi connectivity index (χ2n) is 3.78. The van der Waals surface area contributed by atoms with Crippen molar-refractivity contribution < 1.29 is 13.2 Å². The molecule has 7 heteroatoms. The maximum atomic E-state index is 13.4. The van der Waals surface area contributed by atoms with Crippen LogP contribution in [0, 0.1) is 17.5 Å². The number of hydrazine groups is 1. The number of halogens is 3. The third-order valence-corrected chi connectivity index (χ3v) is 2.42. The fourth-order valence-corrected chi connectivity index (χ4v) is 1.52. The summed E-state index contributed by atoms with van der Waals surface area (Å²) in [5.74, 6) is 2.46. The molecule has 0 fully saturated rings. The highest BCUT2D eigenvalue weighted by molar-refractivity contribution is 5.47. The van der Waals surface area contributed by atoms with E-state index in [1.165, 1.54) is 18.2 Å². The van der Waals surface area contributed by atoms with Crippen LogP contribution in [0.1, 0.15) is 5.56 Å². The Morgan fingerprint density at radius 1 is 1.05 bits per heavy atom. The van der Waals surface area contributed by atoms with Crippen molar-refractivity contribution in [1.82, 2.24) is 4.98 Å². The maximum Gasteiger partial charge on any atom is 0.178 e. The number of nitrogens with zero attached hydrogens (tertiary/aromatic N) is 1. The van der Waals surface area contributed by atoms with Crippen LogP contribution < -0.4 is 16.6 Å². The first-order valence-electron chi connectivity index (χ1n) is 5.41. The van der Waals surface area contributed by atoms with Gasteiger partial charge in [0.15, 0.2) is 23.3 Å². The van der Waals surface area contributed by atoms with E-state index in [9.17, 15) is 13.2 Å². The zero-order chi connectivity index (χ0) is 13.8. The van der Waals surface area contributed by atoms with Crippen LogP contribution in [0.3, 0.4) is 0 Å². The quantitative estimate of drug-likeness (QED) is 0.588. The molecule has 4 nitrogen and oxygen atoms in total. The van der Waals surface area contributed by atoms with Crippen molar-refractivity contribution in [2.24, 2.45) is 5.84 Å².